The van der Waals surface area contributed by atoms with E-state index < -0.39 is 0 Å². The molecule has 18 heavy (non-hydrogen) atoms. The van der Waals surface area contributed by atoms with Crippen LogP contribution in [0.3, 0.4) is 0 Å². The molecule has 0 radical (unpaired) electrons. The highest BCUT2D eigenvalue weighted by atomic mass is 16.5. The Labute approximate surface area is 105 Å². The van der Waals surface area contributed by atoms with Gasteiger partial charge in [-0.15, -0.1) is 0 Å². The molecule has 0 saturated carbocycles. The maximum Gasteiger partial charge on any atom is 0.339 e. The smallest absolute Gasteiger partial charge is 0.339 e. The first-order valence-electron chi connectivity index (χ1n) is 5.48. The van der Waals surface area contributed by atoms with Crippen LogP contribution in [0.5, 0.6) is 0 Å². The van der Waals surface area contributed by atoms with E-state index in [-0.39, 0.29) is 5.97 Å². The average Bonchev–Trinajstić information content (AvgIpc) is 2.90. The number of hydrogen-bond donors (Lipinski definition) is 0. The van der Waals surface area contributed by atoms with Gasteiger partial charge in [-0.05, 0) is 43.7 Å². The molecule has 2 heterocycles. The fraction of sp³-hybridized carbons (Fsp3) is 0.133. The van der Waals surface area contributed by atoms with Crippen molar-refractivity contribution >= 4 is 5.97 Å². The molecule has 0 saturated heterocycles. The number of allylic oxidation sites excluding steroid dienone is 4. The lowest BCUT2D eigenvalue weighted by atomic mass is 10.2. The molecule has 0 fully saturated rings. The van der Waals surface area contributed by atoms with Crippen molar-refractivity contribution in [2.24, 2.45) is 0 Å². The number of carbonyl (C=O) groups is 1. The topological polar surface area (TPSA) is 39.4 Å². The number of rotatable bonds is 1. The Bertz CT molecular complexity index is 602. The van der Waals surface area contributed by atoms with E-state index in [4.69, 9.17) is 9.15 Å². The van der Waals surface area contributed by atoms with Gasteiger partial charge >= 0.3 is 5.97 Å². The number of ether oxygens (including phenoxy) is 1. The number of hydrogen-bond acceptors (Lipinski definition) is 3. The molecule has 0 bridgehead atoms. The summed E-state index contributed by atoms with van der Waals surface area (Å²) in [5.41, 5.74) is 2.35. The van der Waals surface area contributed by atoms with Crippen LogP contribution in [0.25, 0.3) is 0 Å². The number of furan rings is 1. The number of carbonyl (C=O) groups excluding carboxylic acids is 1. The molecule has 0 amide bonds. The van der Waals surface area contributed by atoms with Gasteiger partial charge in [0.25, 0.3) is 0 Å². The van der Waals surface area contributed by atoms with E-state index in [1.807, 2.05) is 6.92 Å². The zero-order valence-electron chi connectivity index (χ0n) is 10.2. The molecular weight excluding hydrogens is 228 g/mol. The van der Waals surface area contributed by atoms with Crippen molar-refractivity contribution in [3.05, 3.63) is 59.3 Å². The monoisotopic (exact) mass is 240 g/mol. The van der Waals surface area contributed by atoms with E-state index >= 15 is 0 Å². The third-order valence-corrected chi connectivity index (χ3v) is 2.30. The molecule has 0 atom stereocenters. The van der Waals surface area contributed by atoms with Crippen molar-refractivity contribution in [1.29, 1.82) is 0 Å². The molecule has 0 spiro atoms. The Morgan fingerprint density at radius 2 is 2.28 bits per heavy atom. The Morgan fingerprint density at radius 3 is 2.89 bits per heavy atom. The summed E-state index contributed by atoms with van der Waals surface area (Å²) in [5.74, 6) is 6.09. The van der Waals surface area contributed by atoms with Gasteiger partial charge in [-0.2, -0.15) is 0 Å². The lowest BCUT2D eigenvalue weighted by molar-refractivity contribution is -0.133. The Morgan fingerprint density at radius 1 is 1.44 bits per heavy atom. The van der Waals surface area contributed by atoms with Crippen LogP contribution in [0.1, 0.15) is 19.4 Å². The molecule has 1 aromatic rings. The molecule has 90 valence electrons. The van der Waals surface area contributed by atoms with Crippen LogP contribution in [0.15, 0.2) is 58.1 Å². The summed E-state index contributed by atoms with van der Waals surface area (Å²) in [7, 11) is 0. The zero-order valence-corrected chi connectivity index (χ0v) is 10.2. The second kappa shape index (κ2) is 5.24. The summed E-state index contributed by atoms with van der Waals surface area (Å²) < 4.78 is 9.92. The Hall–Kier alpha value is -2.47. The highest BCUT2D eigenvalue weighted by Crippen LogP contribution is 2.17. The van der Waals surface area contributed by atoms with E-state index in [0.717, 1.165) is 11.1 Å². The SMILES string of the molecule is CC1=C/C(=C/C(C)=C/C#Cc2ccoc2)OC1=O. The van der Waals surface area contributed by atoms with Crippen LogP contribution in [-0.4, -0.2) is 5.97 Å². The van der Waals surface area contributed by atoms with Gasteiger partial charge in [0.05, 0.1) is 11.8 Å². The summed E-state index contributed by atoms with van der Waals surface area (Å²) in [4.78, 5) is 11.1. The minimum Gasteiger partial charge on any atom is -0.471 e. The predicted octanol–water partition coefficient (Wildman–Crippen LogP) is 2.96. The quantitative estimate of drug-likeness (QED) is 0.559. The summed E-state index contributed by atoms with van der Waals surface area (Å²) in [6.45, 7) is 3.62. The highest BCUT2D eigenvalue weighted by molar-refractivity contribution is 5.92. The van der Waals surface area contributed by atoms with Crippen molar-refractivity contribution in [2.45, 2.75) is 13.8 Å². The van der Waals surface area contributed by atoms with E-state index in [0.29, 0.717) is 11.3 Å². The van der Waals surface area contributed by atoms with Crippen LogP contribution in [0, 0.1) is 11.8 Å². The maximum absolute atomic E-state index is 11.1. The first kappa shape index (κ1) is 12.0. The van der Waals surface area contributed by atoms with E-state index in [1.54, 1.807) is 43.7 Å². The van der Waals surface area contributed by atoms with Crippen molar-refractivity contribution in [3.8, 4) is 11.8 Å². The van der Waals surface area contributed by atoms with Crippen molar-refractivity contribution in [2.75, 3.05) is 0 Å². The molecule has 1 aliphatic heterocycles. The summed E-state index contributed by atoms with van der Waals surface area (Å²) in [6.07, 6.45) is 8.41. The van der Waals surface area contributed by atoms with E-state index in [2.05, 4.69) is 11.8 Å². The largest absolute Gasteiger partial charge is 0.471 e. The lowest BCUT2D eigenvalue weighted by Crippen LogP contribution is -1.94. The standard InChI is InChI=1S/C15H12O3/c1-11(4-3-5-13-6-7-17-10-13)8-14-9-12(2)15(16)18-14/h4,6-10H,1-2H3/b11-4+,14-8-. The van der Waals surface area contributed by atoms with E-state index in [9.17, 15) is 4.79 Å². The minimum atomic E-state index is -0.293. The number of cyclic esters (lactones) is 1. The molecule has 0 aliphatic carbocycles. The van der Waals surface area contributed by atoms with Crippen molar-refractivity contribution in [3.63, 3.8) is 0 Å². The normalized spacial score (nSPS) is 17.2. The second-order valence-electron chi connectivity index (χ2n) is 3.93. The average molecular weight is 240 g/mol. The first-order valence-corrected chi connectivity index (χ1v) is 5.48. The third-order valence-electron chi connectivity index (χ3n) is 2.30. The van der Waals surface area contributed by atoms with Gasteiger partial charge in [0, 0.05) is 5.57 Å². The van der Waals surface area contributed by atoms with Gasteiger partial charge in [0.15, 0.2) is 0 Å². The lowest BCUT2D eigenvalue weighted by Gasteiger charge is -1.94. The fourth-order valence-corrected chi connectivity index (χ4v) is 1.40. The Kier molecular flexibility index (Phi) is 3.49. The van der Waals surface area contributed by atoms with Crippen LogP contribution in [-0.2, 0) is 9.53 Å². The van der Waals surface area contributed by atoms with Gasteiger partial charge < -0.3 is 9.15 Å². The summed E-state index contributed by atoms with van der Waals surface area (Å²) in [5, 5.41) is 0. The summed E-state index contributed by atoms with van der Waals surface area (Å²) in [6, 6.07) is 1.79. The van der Waals surface area contributed by atoms with Crippen molar-refractivity contribution < 1.29 is 13.9 Å². The molecule has 3 heteroatoms. The van der Waals surface area contributed by atoms with Crippen LogP contribution in [0.2, 0.25) is 0 Å². The molecule has 0 unspecified atom stereocenters. The second-order valence-corrected chi connectivity index (χ2v) is 3.93. The van der Waals surface area contributed by atoms with Crippen LogP contribution >= 0.6 is 0 Å². The summed E-state index contributed by atoms with van der Waals surface area (Å²) >= 11 is 0. The number of esters is 1. The van der Waals surface area contributed by atoms with Crippen LogP contribution in [0.4, 0.5) is 0 Å². The van der Waals surface area contributed by atoms with Gasteiger partial charge in [-0.25, -0.2) is 4.79 Å². The van der Waals surface area contributed by atoms with Crippen molar-refractivity contribution in [1.82, 2.24) is 0 Å². The highest BCUT2D eigenvalue weighted by Gasteiger charge is 2.16. The molecule has 3 nitrogen and oxygen atoms in total. The first-order chi connectivity index (χ1) is 8.65. The molecule has 0 N–H and O–H groups in total. The zero-order chi connectivity index (χ0) is 13.0. The van der Waals surface area contributed by atoms with Gasteiger partial charge in [-0.1, -0.05) is 11.8 Å². The molecule has 0 aromatic carbocycles. The third kappa shape index (κ3) is 3.02. The van der Waals surface area contributed by atoms with Crippen LogP contribution < -0.4 is 0 Å². The van der Waals surface area contributed by atoms with Gasteiger partial charge in [-0.3, -0.25) is 0 Å². The fourth-order valence-electron chi connectivity index (χ4n) is 1.40. The molecule has 1 aliphatic rings. The Balaban J connectivity index is 2.07. The predicted molar refractivity (Wildman–Crippen MR) is 67.3 cm³/mol. The van der Waals surface area contributed by atoms with Gasteiger partial charge in [0.1, 0.15) is 12.0 Å². The minimum absolute atomic E-state index is 0.293. The molecular formula is C15H12O3. The maximum atomic E-state index is 11.1. The molecule has 1 aromatic heterocycles. The van der Waals surface area contributed by atoms with Gasteiger partial charge in [0.2, 0.25) is 0 Å². The van der Waals surface area contributed by atoms with E-state index in [1.165, 1.54) is 0 Å². The molecule has 2 rings (SSSR count).